The monoisotopic (exact) mass is 417 g/mol. The Labute approximate surface area is 173 Å². The molecule has 2 bridgehead atoms. The highest BCUT2D eigenvalue weighted by atomic mass is 19.1. The third-order valence-corrected chi connectivity index (χ3v) is 6.06. The number of benzene rings is 1. The average molecular weight is 417 g/mol. The maximum atomic E-state index is 14.8. The summed E-state index contributed by atoms with van der Waals surface area (Å²) < 4.78 is 29.3. The van der Waals surface area contributed by atoms with Gasteiger partial charge in [0.25, 0.3) is 5.91 Å². The number of piperidine rings is 1. The fourth-order valence-corrected chi connectivity index (χ4v) is 4.35. The second kappa shape index (κ2) is 7.79. The van der Waals surface area contributed by atoms with Crippen LogP contribution in [0.15, 0.2) is 24.3 Å². The molecule has 1 aromatic heterocycles. The van der Waals surface area contributed by atoms with Crippen molar-refractivity contribution in [3.8, 4) is 17.0 Å². The number of phenols is 1. The van der Waals surface area contributed by atoms with E-state index in [1.807, 2.05) is 0 Å². The predicted octanol–water partition coefficient (Wildman–Crippen LogP) is 2.36. The highest BCUT2D eigenvalue weighted by Gasteiger charge is 2.43. The minimum absolute atomic E-state index is 0.119. The Morgan fingerprint density at radius 1 is 1.20 bits per heavy atom. The lowest BCUT2D eigenvalue weighted by Crippen LogP contribution is -2.55. The summed E-state index contributed by atoms with van der Waals surface area (Å²) in [5, 5.41) is 21.9. The van der Waals surface area contributed by atoms with E-state index >= 15 is 0 Å². The van der Waals surface area contributed by atoms with Crippen LogP contribution >= 0.6 is 0 Å². The van der Waals surface area contributed by atoms with Crippen LogP contribution in [-0.2, 0) is 0 Å². The number of halogens is 2. The number of alkyl halides is 1. The standard InChI is InChI=1S/C21H25F2N5O2/c1-27(2)21(30)12-10-18(29)13(9-14(12)22)15-6-7-19(26-25-15)28(3)17-8-11-4-5-16(24-11)20(17)23/h6-7,9-11,16-17,20,24,29H,4-5,8H2,1-3H3/t11-,16+,17-,20+/m1/s1. The zero-order chi connectivity index (χ0) is 21.6. The van der Waals surface area contributed by atoms with Crippen LogP contribution in [-0.4, -0.2) is 71.6 Å². The van der Waals surface area contributed by atoms with E-state index < -0.39 is 17.9 Å². The number of hydrogen-bond acceptors (Lipinski definition) is 6. The number of amides is 1. The predicted molar refractivity (Wildman–Crippen MR) is 109 cm³/mol. The summed E-state index contributed by atoms with van der Waals surface area (Å²) in [5.74, 6) is -1.06. The number of nitrogens with zero attached hydrogens (tertiary/aromatic N) is 4. The number of hydrogen-bond donors (Lipinski definition) is 2. The van der Waals surface area contributed by atoms with E-state index in [1.165, 1.54) is 19.0 Å². The molecule has 0 spiro atoms. The number of anilines is 1. The van der Waals surface area contributed by atoms with E-state index in [0.717, 1.165) is 25.0 Å². The second-order valence-electron chi connectivity index (χ2n) is 8.23. The minimum Gasteiger partial charge on any atom is -0.507 e. The number of fused-ring (bicyclic) bond motifs is 2. The number of carbonyl (C=O) groups is 1. The maximum Gasteiger partial charge on any atom is 0.256 e. The molecule has 0 saturated carbocycles. The van der Waals surface area contributed by atoms with E-state index in [-0.39, 0.29) is 34.7 Å². The van der Waals surface area contributed by atoms with E-state index in [4.69, 9.17) is 0 Å². The molecule has 3 heterocycles. The quantitative estimate of drug-likeness (QED) is 0.795. The van der Waals surface area contributed by atoms with Gasteiger partial charge in [0.1, 0.15) is 17.7 Å². The maximum absolute atomic E-state index is 14.8. The molecule has 0 radical (unpaired) electrons. The van der Waals surface area contributed by atoms with Crippen molar-refractivity contribution in [2.45, 2.75) is 43.6 Å². The van der Waals surface area contributed by atoms with Crippen molar-refractivity contribution >= 4 is 11.7 Å². The van der Waals surface area contributed by atoms with Gasteiger partial charge in [-0.05, 0) is 43.5 Å². The normalized spacial score (nSPS) is 25.2. The summed E-state index contributed by atoms with van der Waals surface area (Å²) in [5.41, 5.74) is 0.169. The number of carbonyl (C=O) groups excluding carboxylic acids is 1. The van der Waals surface area contributed by atoms with Crippen LogP contribution in [0.3, 0.4) is 0 Å². The third kappa shape index (κ3) is 3.58. The number of aromatic nitrogens is 2. The molecule has 30 heavy (non-hydrogen) atoms. The SMILES string of the molecule is CN(C)C(=O)c1cc(O)c(-c2ccc(N(C)[C@@H]3C[C@H]4CC[C@H](N4)[C@@H]3F)nn2)cc1F. The topological polar surface area (TPSA) is 81.6 Å². The Morgan fingerprint density at radius 2 is 1.97 bits per heavy atom. The molecular weight excluding hydrogens is 392 g/mol. The van der Waals surface area contributed by atoms with Crippen molar-refractivity contribution in [1.29, 1.82) is 0 Å². The lowest BCUT2D eigenvalue weighted by atomic mass is 9.96. The Kier molecular flexibility index (Phi) is 5.31. The van der Waals surface area contributed by atoms with Gasteiger partial charge in [0.05, 0.1) is 17.3 Å². The number of nitrogens with one attached hydrogen (secondary N) is 1. The summed E-state index contributed by atoms with van der Waals surface area (Å²) in [7, 11) is 4.80. The van der Waals surface area contributed by atoms with Gasteiger partial charge in [-0.15, -0.1) is 10.2 Å². The van der Waals surface area contributed by atoms with Crippen LogP contribution in [0.4, 0.5) is 14.6 Å². The van der Waals surface area contributed by atoms with Crippen LogP contribution < -0.4 is 10.2 Å². The minimum atomic E-state index is -0.991. The molecule has 2 fully saturated rings. The van der Waals surface area contributed by atoms with Gasteiger partial charge in [-0.3, -0.25) is 4.79 Å². The first kappa shape index (κ1) is 20.5. The molecule has 2 aliphatic heterocycles. The summed E-state index contributed by atoms with van der Waals surface area (Å²) in [4.78, 5) is 15.0. The van der Waals surface area contributed by atoms with E-state index in [1.54, 1.807) is 24.1 Å². The summed E-state index contributed by atoms with van der Waals surface area (Å²) in [6, 6.07) is 5.36. The second-order valence-corrected chi connectivity index (χ2v) is 8.23. The highest BCUT2D eigenvalue weighted by molar-refractivity contribution is 5.95. The fourth-order valence-electron chi connectivity index (χ4n) is 4.35. The molecule has 2 aliphatic rings. The molecular formula is C21H25F2N5O2. The largest absolute Gasteiger partial charge is 0.507 e. The molecule has 0 unspecified atom stereocenters. The van der Waals surface area contributed by atoms with Gasteiger partial charge in [0.2, 0.25) is 0 Å². The summed E-state index contributed by atoms with van der Waals surface area (Å²) in [6.07, 6.45) is 1.54. The van der Waals surface area contributed by atoms with Crippen molar-refractivity contribution in [2.24, 2.45) is 0 Å². The molecule has 4 rings (SSSR count). The van der Waals surface area contributed by atoms with Crippen LogP contribution in [0.25, 0.3) is 11.3 Å². The molecule has 1 amide bonds. The first-order valence-corrected chi connectivity index (χ1v) is 9.97. The van der Waals surface area contributed by atoms with Crippen LogP contribution in [0.5, 0.6) is 5.75 Å². The Hall–Kier alpha value is -2.81. The van der Waals surface area contributed by atoms with Crippen molar-refractivity contribution in [1.82, 2.24) is 20.4 Å². The molecule has 7 nitrogen and oxygen atoms in total. The Bertz CT molecular complexity index is 953. The molecule has 2 saturated heterocycles. The van der Waals surface area contributed by atoms with Crippen LogP contribution in [0.1, 0.15) is 29.6 Å². The van der Waals surface area contributed by atoms with Crippen molar-refractivity contribution < 1.29 is 18.7 Å². The molecule has 4 atom stereocenters. The van der Waals surface area contributed by atoms with E-state index in [0.29, 0.717) is 18.3 Å². The summed E-state index contributed by atoms with van der Waals surface area (Å²) in [6.45, 7) is 0. The first-order valence-electron chi connectivity index (χ1n) is 9.97. The van der Waals surface area contributed by atoms with Gasteiger partial charge >= 0.3 is 0 Å². The van der Waals surface area contributed by atoms with Gasteiger partial charge in [-0.1, -0.05) is 0 Å². The molecule has 160 valence electrons. The van der Waals surface area contributed by atoms with Gasteiger partial charge < -0.3 is 20.2 Å². The van der Waals surface area contributed by atoms with Gasteiger partial charge in [0.15, 0.2) is 5.82 Å². The Morgan fingerprint density at radius 3 is 2.63 bits per heavy atom. The first-order chi connectivity index (χ1) is 14.3. The molecule has 9 heteroatoms. The number of phenolic OH excluding ortho intramolecular Hbond substituents is 1. The van der Waals surface area contributed by atoms with Gasteiger partial charge in [0, 0.05) is 38.8 Å². The zero-order valence-corrected chi connectivity index (χ0v) is 17.1. The van der Waals surface area contributed by atoms with Crippen molar-refractivity contribution in [3.63, 3.8) is 0 Å². The van der Waals surface area contributed by atoms with Crippen molar-refractivity contribution in [3.05, 3.63) is 35.6 Å². The van der Waals surface area contributed by atoms with Crippen LogP contribution in [0.2, 0.25) is 0 Å². The van der Waals surface area contributed by atoms with E-state index in [2.05, 4.69) is 15.5 Å². The zero-order valence-electron chi connectivity index (χ0n) is 17.1. The van der Waals surface area contributed by atoms with Gasteiger partial charge in [-0.2, -0.15) is 0 Å². The third-order valence-electron chi connectivity index (χ3n) is 6.06. The van der Waals surface area contributed by atoms with Crippen LogP contribution in [0, 0.1) is 5.82 Å². The van der Waals surface area contributed by atoms with Gasteiger partial charge in [-0.25, -0.2) is 8.78 Å². The summed E-state index contributed by atoms with van der Waals surface area (Å²) >= 11 is 0. The van der Waals surface area contributed by atoms with Crippen molar-refractivity contribution in [2.75, 3.05) is 26.0 Å². The lowest BCUT2D eigenvalue weighted by molar-refractivity contribution is 0.0822. The smallest absolute Gasteiger partial charge is 0.256 e. The lowest BCUT2D eigenvalue weighted by Gasteiger charge is -2.38. The average Bonchev–Trinajstić information content (AvgIpc) is 3.14. The fraction of sp³-hybridized carbons (Fsp3) is 0.476. The Balaban J connectivity index is 1.56. The number of rotatable bonds is 4. The highest BCUT2D eigenvalue weighted by Crippen LogP contribution is 2.34. The number of aromatic hydroxyl groups is 1. The molecule has 2 N–H and O–H groups in total. The molecule has 0 aliphatic carbocycles. The molecule has 1 aromatic carbocycles. The van der Waals surface area contributed by atoms with E-state index in [9.17, 15) is 18.7 Å². The molecule has 2 aromatic rings.